The molecule has 0 saturated carbocycles. The van der Waals surface area contributed by atoms with Crippen LogP contribution in [0.1, 0.15) is 0 Å². The van der Waals surface area contributed by atoms with Crippen molar-refractivity contribution in [3.8, 4) is 32.7 Å². The summed E-state index contributed by atoms with van der Waals surface area (Å²) in [4.78, 5) is 23.1. The molecule has 0 aromatic carbocycles. The summed E-state index contributed by atoms with van der Waals surface area (Å²) in [5.41, 5.74) is 3.42. The minimum atomic E-state index is 0.421. The van der Waals surface area contributed by atoms with Gasteiger partial charge in [0.25, 0.3) is 0 Å². The van der Waals surface area contributed by atoms with Crippen LogP contribution in [0, 0.1) is 0 Å². The lowest BCUT2D eigenvalue weighted by molar-refractivity contribution is 0.968. The van der Waals surface area contributed by atoms with E-state index >= 15 is 0 Å². The van der Waals surface area contributed by atoms with Crippen molar-refractivity contribution in [3.05, 3.63) is 66.5 Å². The molecule has 0 fully saturated rings. The average Bonchev–Trinajstić information content (AvgIpc) is 3.32. The number of aryl methyl sites for hydroxylation is 1. The van der Waals surface area contributed by atoms with Crippen molar-refractivity contribution >= 4 is 33.8 Å². The van der Waals surface area contributed by atoms with E-state index in [4.69, 9.17) is 16.6 Å². The second-order valence-corrected chi connectivity index (χ2v) is 7.53. The van der Waals surface area contributed by atoms with Gasteiger partial charge in [0.05, 0.1) is 16.1 Å². The highest BCUT2D eigenvalue weighted by molar-refractivity contribution is 7.19. The molecule has 0 unspecified atom stereocenters. The number of thiazole rings is 1. The van der Waals surface area contributed by atoms with Crippen LogP contribution in [-0.4, -0.2) is 29.5 Å². The molecule has 5 aromatic rings. The van der Waals surface area contributed by atoms with Crippen LogP contribution in [0.15, 0.2) is 61.3 Å². The number of nitrogens with zero attached hydrogens (tertiary/aromatic N) is 6. The van der Waals surface area contributed by atoms with Gasteiger partial charge in [-0.15, -0.1) is 11.3 Å². The number of rotatable bonds is 3. The molecule has 8 heteroatoms. The Morgan fingerprint density at radius 2 is 1.89 bits per heavy atom. The van der Waals surface area contributed by atoms with Crippen molar-refractivity contribution in [2.75, 3.05) is 0 Å². The molecule has 0 N–H and O–H groups in total. The third-order valence-corrected chi connectivity index (χ3v) is 5.90. The molecule has 5 heterocycles. The number of hydrogen-bond donors (Lipinski definition) is 0. The van der Waals surface area contributed by atoms with Gasteiger partial charge in [-0.05, 0) is 30.3 Å². The van der Waals surface area contributed by atoms with Crippen molar-refractivity contribution in [3.63, 3.8) is 0 Å². The van der Waals surface area contributed by atoms with E-state index in [0.29, 0.717) is 11.0 Å². The second kappa shape index (κ2) is 6.78. The largest absolute Gasteiger partial charge is 0.350 e. The maximum atomic E-state index is 6.49. The molecule has 28 heavy (non-hydrogen) atoms. The fourth-order valence-corrected chi connectivity index (χ4v) is 4.30. The number of hydrogen-bond acceptors (Lipinski definition) is 6. The Kier molecular flexibility index (Phi) is 4.11. The predicted molar refractivity (Wildman–Crippen MR) is 111 cm³/mol. The van der Waals surface area contributed by atoms with E-state index in [1.54, 1.807) is 30.9 Å². The van der Waals surface area contributed by atoms with E-state index in [-0.39, 0.29) is 0 Å². The van der Waals surface area contributed by atoms with E-state index in [2.05, 4.69) is 19.9 Å². The Hall–Kier alpha value is -3.16. The molecule has 0 amide bonds. The van der Waals surface area contributed by atoms with Gasteiger partial charge in [-0.3, -0.25) is 4.98 Å². The summed E-state index contributed by atoms with van der Waals surface area (Å²) in [6.07, 6.45) is 8.93. The van der Waals surface area contributed by atoms with Crippen LogP contribution in [0.4, 0.5) is 0 Å². The van der Waals surface area contributed by atoms with Crippen molar-refractivity contribution < 1.29 is 0 Å². The van der Waals surface area contributed by atoms with E-state index in [1.165, 1.54) is 11.3 Å². The lowest BCUT2D eigenvalue weighted by atomic mass is 10.2. The van der Waals surface area contributed by atoms with Gasteiger partial charge >= 0.3 is 0 Å². The van der Waals surface area contributed by atoms with Gasteiger partial charge in [-0.1, -0.05) is 11.6 Å². The fourth-order valence-electron chi connectivity index (χ4n) is 3.04. The van der Waals surface area contributed by atoms with Gasteiger partial charge < -0.3 is 4.57 Å². The average molecular weight is 405 g/mol. The molecule has 0 saturated heterocycles. The van der Waals surface area contributed by atoms with E-state index < -0.39 is 0 Å². The highest BCUT2D eigenvalue weighted by Crippen LogP contribution is 2.39. The maximum Gasteiger partial charge on any atom is 0.178 e. The summed E-state index contributed by atoms with van der Waals surface area (Å²) in [7, 11) is 2.00. The first-order valence-corrected chi connectivity index (χ1v) is 9.71. The lowest BCUT2D eigenvalue weighted by Crippen LogP contribution is -1.95. The topological polar surface area (TPSA) is 69.4 Å². The molecule has 136 valence electrons. The first-order valence-electron chi connectivity index (χ1n) is 8.51. The Morgan fingerprint density at radius 3 is 2.68 bits per heavy atom. The molecule has 6 nitrogen and oxygen atoms in total. The summed E-state index contributed by atoms with van der Waals surface area (Å²) in [6, 6.07) is 9.67. The van der Waals surface area contributed by atoms with Crippen LogP contribution < -0.4 is 0 Å². The zero-order valence-electron chi connectivity index (χ0n) is 14.7. The standard InChI is InChI=1S/C20H13ClN6S/c1-27-9-5-13-15(27)10-14(25-16(13)19-23-7-3-8-24-19)17-18(21)26-20(28-17)12-4-2-6-22-11-12/h2-11H,1H3. The Labute approximate surface area is 169 Å². The smallest absolute Gasteiger partial charge is 0.178 e. The molecule has 0 radical (unpaired) electrons. The third kappa shape index (κ3) is 2.85. The highest BCUT2D eigenvalue weighted by atomic mass is 35.5. The molecule has 0 spiro atoms. The summed E-state index contributed by atoms with van der Waals surface area (Å²) in [5, 5.41) is 2.22. The van der Waals surface area contributed by atoms with Crippen molar-refractivity contribution in [2.45, 2.75) is 0 Å². The molecule has 5 rings (SSSR count). The molecule has 5 aromatic heterocycles. The van der Waals surface area contributed by atoms with Gasteiger partial charge in [0.2, 0.25) is 0 Å². The van der Waals surface area contributed by atoms with Crippen molar-refractivity contribution in [1.29, 1.82) is 0 Å². The normalized spacial score (nSPS) is 11.2. The predicted octanol–water partition coefficient (Wildman–Crippen LogP) is 4.87. The van der Waals surface area contributed by atoms with Gasteiger partial charge in [0.1, 0.15) is 15.9 Å². The van der Waals surface area contributed by atoms with E-state index in [1.807, 2.05) is 42.1 Å². The van der Waals surface area contributed by atoms with Gasteiger partial charge in [0, 0.05) is 49.0 Å². The quantitative estimate of drug-likeness (QED) is 0.429. The minimum absolute atomic E-state index is 0.421. The molecular weight excluding hydrogens is 392 g/mol. The van der Waals surface area contributed by atoms with Gasteiger partial charge in [-0.25, -0.2) is 19.9 Å². The monoisotopic (exact) mass is 404 g/mol. The van der Waals surface area contributed by atoms with Gasteiger partial charge in [-0.2, -0.15) is 0 Å². The maximum absolute atomic E-state index is 6.49. The van der Waals surface area contributed by atoms with Gasteiger partial charge in [0.15, 0.2) is 5.82 Å². The zero-order chi connectivity index (χ0) is 19.1. The number of pyridine rings is 2. The summed E-state index contributed by atoms with van der Waals surface area (Å²) in [5.74, 6) is 0.577. The Bertz CT molecular complexity index is 1280. The fraction of sp³-hybridized carbons (Fsp3) is 0.0500. The summed E-state index contributed by atoms with van der Waals surface area (Å²) in [6.45, 7) is 0. The molecule has 0 aliphatic rings. The first kappa shape index (κ1) is 17.0. The zero-order valence-corrected chi connectivity index (χ0v) is 16.3. The number of aromatic nitrogens is 6. The highest BCUT2D eigenvalue weighted by Gasteiger charge is 2.18. The second-order valence-electron chi connectivity index (χ2n) is 6.17. The van der Waals surface area contributed by atoms with E-state index in [9.17, 15) is 0 Å². The van der Waals surface area contributed by atoms with Crippen LogP contribution >= 0.6 is 22.9 Å². The molecule has 0 atom stereocenters. The van der Waals surface area contributed by atoms with Crippen LogP contribution in [0.25, 0.3) is 43.6 Å². The van der Waals surface area contributed by atoms with E-state index in [0.717, 1.165) is 37.7 Å². The molecular formula is C20H13ClN6S. The van der Waals surface area contributed by atoms with Crippen LogP contribution in [-0.2, 0) is 7.05 Å². The van der Waals surface area contributed by atoms with Crippen LogP contribution in [0.5, 0.6) is 0 Å². The first-order chi connectivity index (χ1) is 13.7. The van der Waals surface area contributed by atoms with Crippen LogP contribution in [0.3, 0.4) is 0 Å². The third-order valence-electron chi connectivity index (χ3n) is 4.39. The Balaban J connectivity index is 1.72. The molecule has 0 aliphatic carbocycles. The van der Waals surface area contributed by atoms with Crippen molar-refractivity contribution in [1.82, 2.24) is 29.5 Å². The number of halogens is 1. The minimum Gasteiger partial charge on any atom is -0.350 e. The lowest BCUT2D eigenvalue weighted by Gasteiger charge is -2.06. The van der Waals surface area contributed by atoms with Crippen LogP contribution in [0.2, 0.25) is 5.15 Å². The van der Waals surface area contributed by atoms with Crippen molar-refractivity contribution in [2.24, 2.45) is 7.05 Å². The SMILES string of the molecule is Cn1ccc2c(-c3ncccn3)nc(-c3sc(-c4cccnc4)nc3Cl)cc21. The summed E-state index contributed by atoms with van der Waals surface area (Å²) < 4.78 is 2.05. The Morgan fingerprint density at radius 1 is 1.04 bits per heavy atom. The molecule has 0 bridgehead atoms. The number of fused-ring (bicyclic) bond motifs is 1. The summed E-state index contributed by atoms with van der Waals surface area (Å²) >= 11 is 7.98. The molecule has 0 aliphatic heterocycles.